The number of benzene rings is 1. The smallest absolute Gasteiger partial charge is 0.330 e. The molecule has 1 aromatic carbocycles. The predicted octanol–water partition coefficient (Wildman–Crippen LogP) is 2.42. The molecule has 0 atom stereocenters. The Morgan fingerprint density at radius 2 is 2.22 bits per heavy atom. The zero-order chi connectivity index (χ0) is 13.4. The van der Waals surface area contributed by atoms with Crippen LogP contribution in [0.15, 0.2) is 35.9 Å². The minimum absolute atomic E-state index is 0.246. The summed E-state index contributed by atoms with van der Waals surface area (Å²) in [6, 6.07) is 6.39. The summed E-state index contributed by atoms with van der Waals surface area (Å²) in [5.74, 6) is -0.577. The molecule has 98 valence electrons. The van der Waals surface area contributed by atoms with Gasteiger partial charge in [0.2, 0.25) is 0 Å². The van der Waals surface area contributed by atoms with Crippen LogP contribution in [0, 0.1) is 5.82 Å². The minimum atomic E-state index is -0.331. The second-order valence-corrected chi connectivity index (χ2v) is 4.20. The third kappa shape index (κ3) is 6.15. The Morgan fingerprint density at radius 1 is 1.44 bits per heavy atom. The molecule has 0 saturated carbocycles. The zero-order valence-electron chi connectivity index (χ0n) is 10.7. The lowest BCUT2D eigenvalue weighted by atomic mass is 10.2. The Kier molecular flexibility index (Phi) is 6.08. The number of rotatable bonds is 6. The van der Waals surface area contributed by atoms with Crippen LogP contribution in [0.25, 0.3) is 0 Å². The molecule has 4 heteroatoms. The van der Waals surface area contributed by atoms with Gasteiger partial charge in [0.25, 0.3) is 0 Å². The topological polar surface area (TPSA) is 38.3 Å². The zero-order valence-corrected chi connectivity index (χ0v) is 10.7. The monoisotopic (exact) mass is 251 g/mol. The maximum absolute atomic E-state index is 12.9. The van der Waals surface area contributed by atoms with Gasteiger partial charge in [0.05, 0.1) is 0 Å². The number of hydrogen-bond acceptors (Lipinski definition) is 3. The van der Waals surface area contributed by atoms with Crippen molar-refractivity contribution < 1.29 is 13.9 Å². The quantitative estimate of drug-likeness (QED) is 0.479. The average Bonchev–Trinajstić information content (AvgIpc) is 2.27. The fourth-order valence-electron chi connectivity index (χ4n) is 1.38. The number of carbonyl (C=O) groups is 1. The molecule has 1 rings (SSSR count). The summed E-state index contributed by atoms with van der Waals surface area (Å²) in [6.45, 7) is 5.07. The fraction of sp³-hybridized carbons (Fsp3) is 0.357. The van der Waals surface area contributed by atoms with E-state index in [1.54, 1.807) is 6.07 Å². The lowest BCUT2D eigenvalue weighted by Crippen LogP contribution is -2.20. The van der Waals surface area contributed by atoms with Crippen LogP contribution < -0.4 is 5.32 Å². The Bertz CT molecular complexity index is 426. The van der Waals surface area contributed by atoms with E-state index < -0.39 is 0 Å². The molecular weight excluding hydrogens is 233 g/mol. The molecule has 0 radical (unpaired) electrons. The molecule has 0 spiro atoms. The van der Waals surface area contributed by atoms with Gasteiger partial charge in [-0.25, -0.2) is 9.18 Å². The number of halogens is 1. The summed E-state index contributed by atoms with van der Waals surface area (Å²) in [7, 11) is 0. The van der Waals surface area contributed by atoms with Gasteiger partial charge in [0, 0.05) is 19.2 Å². The van der Waals surface area contributed by atoms with E-state index >= 15 is 0 Å². The van der Waals surface area contributed by atoms with Crippen molar-refractivity contribution in [2.75, 3.05) is 13.2 Å². The number of ether oxygens (including phenoxy) is 1. The van der Waals surface area contributed by atoms with E-state index in [2.05, 4.69) is 5.32 Å². The highest BCUT2D eigenvalue weighted by Gasteiger charge is 1.98. The molecular formula is C14H18FNO2. The molecule has 0 heterocycles. The number of hydrogen-bond donors (Lipinski definition) is 1. The van der Waals surface area contributed by atoms with E-state index in [0.29, 0.717) is 19.7 Å². The molecule has 18 heavy (non-hydrogen) atoms. The molecule has 0 aliphatic carbocycles. The lowest BCUT2D eigenvalue weighted by molar-refractivity contribution is -0.137. The maximum Gasteiger partial charge on any atom is 0.330 e. The van der Waals surface area contributed by atoms with Crippen molar-refractivity contribution in [1.82, 2.24) is 5.32 Å². The molecule has 0 bridgehead atoms. The van der Waals surface area contributed by atoms with E-state index in [1.165, 1.54) is 18.2 Å². The molecule has 1 N–H and O–H groups in total. The first kappa shape index (κ1) is 14.4. The van der Waals surface area contributed by atoms with Crippen LogP contribution in [0.4, 0.5) is 4.39 Å². The van der Waals surface area contributed by atoms with Gasteiger partial charge < -0.3 is 10.1 Å². The summed E-state index contributed by atoms with van der Waals surface area (Å²) in [6.07, 6.45) is 1.45. The highest BCUT2D eigenvalue weighted by Crippen LogP contribution is 2.02. The second-order valence-electron chi connectivity index (χ2n) is 4.20. The predicted molar refractivity (Wildman–Crippen MR) is 68.5 cm³/mol. The van der Waals surface area contributed by atoms with Gasteiger partial charge in [0.15, 0.2) is 0 Å². The molecule has 0 aliphatic rings. The first-order valence-corrected chi connectivity index (χ1v) is 5.85. The first-order chi connectivity index (χ1) is 8.58. The van der Waals surface area contributed by atoms with Gasteiger partial charge in [-0.1, -0.05) is 17.7 Å². The van der Waals surface area contributed by atoms with Crippen molar-refractivity contribution in [3.8, 4) is 0 Å². The maximum atomic E-state index is 12.9. The Morgan fingerprint density at radius 3 is 2.89 bits per heavy atom. The molecule has 0 aliphatic heterocycles. The minimum Gasteiger partial charge on any atom is -0.461 e. The molecule has 3 nitrogen and oxygen atoms in total. The Balaban J connectivity index is 2.16. The SMILES string of the molecule is CC(C)=CC(=O)OCCNCc1cccc(F)c1. The summed E-state index contributed by atoms with van der Waals surface area (Å²) in [5, 5.41) is 3.07. The van der Waals surface area contributed by atoms with Gasteiger partial charge in [-0.05, 0) is 31.5 Å². The molecule has 0 aromatic heterocycles. The van der Waals surface area contributed by atoms with Crippen molar-refractivity contribution in [3.05, 3.63) is 47.3 Å². The number of allylic oxidation sites excluding steroid dienone is 1. The van der Waals surface area contributed by atoms with Gasteiger partial charge in [-0.3, -0.25) is 0 Å². The highest BCUT2D eigenvalue weighted by atomic mass is 19.1. The Labute approximate surface area is 107 Å². The molecule has 0 unspecified atom stereocenters. The normalized spacial score (nSPS) is 9.94. The van der Waals surface area contributed by atoms with Gasteiger partial charge in [-0.15, -0.1) is 0 Å². The third-order valence-electron chi connectivity index (χ3n) is 2.15. The van der Waals surface area contributed by atoms with E-state index in [4.69, 9.17) is 4.74 Å². The second kappa shape index (κ2) is 7.61. The van der Waals surface area contributed by atoms with Crippen LogP contribution in [-0.4, -0.2) is 19.1 Å². The third-order valence-corrected chi connectivity index (χ3v) is 2.15. The molecule has 1 aromatic rings. The van der Waals surface area contributed by atoms with E-state index in [0.717, 1.165) is 11.1 Å². The van der Waals surface area contributed by atoms with E-state index in [-0.39, 0.29) is 11.8 Å². The van der Waals surface area contributed by atoms with Crippen LogP contribution in [0.5, 0.6) is 0 Å². The summed E-state index contributed by atoms with van der Waals surface area (Å²) < 4.78 is 17.8. The largest absolute Gasteiger partial charge is 0.461 e. The van der Waals surface area contributed by atoms with Crippen LogP contribution in [0.1, 0.15) is 19.4 Å². The Hall–Kier alpha value is -1.68. The summed E-state index contributed by atoms with van der Waals surface area (Å²) in [5.41, 5.74) is 1.78. The van der Waals surface area contributed by atoms with Gasteiger partial charge in [0.1, 0.15) is 12.4 Å². The average molecular weight is 251 g/mol. The van der Waals surface area contributed by atoms with Gasteiger partial charge >= 0.3 is 5.97 Å². The van der Waals surface area contributed by atoms with Crippen LogP contribution >= 0.6 is 0 Å². The van der Waals surface area contributed by atoms with Crippen LogP contribution in [0.2, 0.25) is 0 Å². The summed E-state index contributed by atoms with van der Waals surface area (Å²) in [4.78, 5) is 11.2. The molecule has 0 fully saturated rings. The standard InChI is InChI=1S/C14H18FNO2/c1-11(2)8-14(17)18-7-6-16-10-12-4-3-5-13(15)9-12/h3-5,8-9,16H,6-7,10H2,1-2H3. The van der Waals surface area contributed by atoms with Crippen molar-refractivity contribution >= 4 is 5.97 Å². The fourth-order valence-corrected chi connectivity index (χ4v) is 1.38. The number of carbonyl (C=O) groups excluding carboxylic acids is 1. The van der Waals surface area contributed by atoms with Crippen molar-refractivity contribution in [1.29, 1.82) is 0 Å². The first-order valence-electron chi connectivity index (χ1n) is 5.85. The van der Waals surface area contributed by atoms with Crippen molar-refractivity contribution in [2.45, 2.75) is 20.4 Å². The van der Waals surface area contributed by atoms with E-state index in [9.17, 15) is 9.18 Å². The van der Waals surface area contributed by atoms with Crippen LogP contribution in [0.3, 0.4) is 0 Å². The number of nitrogens with one attached hydrogen (secondary N) is 1. The number of esters is 1. The summed E-state index contributed by atoms with van der Waals surface area (Å²) >= 11 is 0. The molecule has 0 saturated heterocycles. The van der Waals surface area contributed by atoms with Crippen molar-refractivity contribution in [2.24, 2.45) is 0 Å². The molecule has 0 amide bonds. The van der Waals surface area contributed by atoms with E-state index in [1.807, 2.05) is 19.9 Å². The highest BCUT2D eigenvalue weighted by molar-refractivity contribution is 5.82. The van der Waals surface area contributed by atoms with Crippen LogP contribution in [-0.2, 0) is 16.1 Å². The van der Waals surface area contributed by atoms with Crippen molar-refractivity contribution in [3.63, 3.8) is 0 Å². The lowest BCUT2D eigenvalue weighted by Gasteiger charge is -2.05. The van der Waals surface area contributed by atoms with Gasteiger partial charge in [-0.2, -0.15) is 0 Å².